The van der Waals surface area contributed by atoms with Gasteiger partial charge in [0.05, 0.1) is 0 Å². The van der Waals surface area contributed by atoms with Gasteiger partial charge in [-0.25, -0.2) is 4.39 Å². The van der Waals surface area contributed by atoms with E-state index in [0.717, 1.165) is 5.56 Å². The quantitative estimate of drug-likeness (QED) is 0.895. The SMILES string of the molecule is O=C(CCc1ccccc1F)NCc1ccncc1. The zero-order valence-corrected chi connectivity index (χ0v) is 10.5. The lowest BCUT2D eigenvalue weighted by Crippen LogP contribution is -2.23. The summed E-state index contributed by atoms with van der Waals surface area (Å²) in [6, 6.07) is 10.2. The molecule has 0 saturated heterocycles. The van der Waals surface area contributed by atoms with Gasteiger partial charge in [-0.3, -0.25) is 9.78 Å². The lowest BCUT2D eigenvalue weighted by atomic mass is 10.1. The molecule has 0 spiro atoms. The number of amides is 1. The van der Waals surface area contributed by atoms with Crippen molar-refractivity contribution in [1.29, 1.82) is 0 Å². The maximum absolute atomic E-state index is 13.4. The fourth-order valence-corrected chi connectivity index (χ4v) is 1.74. The van der Waals surface area contributed by atoms with E-state index in [1.54, 1.807) is 30.6 Å². The van der Waals surface area contributed by atoms with Gasteiger partial charge < -0.3 is 5.32 Å². The Balaban J connectivity index is 1.78. The minimum Gasteiger partial charge on any atom is -0.352 e. The molecule has 0 aliphatic heterocycles. The molecule has 1 aromatic carbocycles. The molecule has 3 nitrogen and oxygen atoms in total. The lowest BCUT2D eigenvalue weighted by molar-refractivity contribution is -0.121. The van der Waals surface area contributed by atoms with Gasteiger partial charge >= 0.3 is 0 Å². The second-order valence-electron chi connectivity index (χ2n) is 4.22. The van der Waals surface area contributed by atoms with Crippen LogP contribution in [0.15, 0.2) is 48.8 Å². The number of nitrogens with one attached hydrogen (secondary N) is 1. The molecular weight excluding hydrogens is 243 g/mol. The lowest BCUT2D eigenvalue weighted by Gasteiger charge is -2.05. The first-order chi connectivity index (χ1) is 9.25. The van der Waals surface area contributed by atoms with Crippen molar-refractivity contribution < 1.29 is 9.18 Å². The summed E-state index contributed by atoms with van der Waals surface area (Å²) in [7, 11) is 0. The van der Waals surface area contributed by atoms with Gasteiger partial charge in [0.1, 0.15) is 5.82 Å². The number of hydrogen-bond donors (Lipinski definition) is 1. The van der Waals surface area contributed by atoms with Crippen molar-refractivity contribution in [3.8, 4) is 0 Å². The van der Waals surface area contributed by atoms with E-state index in [1.165, 1.54) is 6.07 Å². The van der Waals surface area contributed by atoms with Gasteiger partial charge in [0.2, 0.25) is 5.91 Å². The van der Waals surface area contributed by atoms with Crippen molar-refractivity contribution in [3.05, 3.63) is 65.7 Å². The highest BCUT2D eigenvalue weighted by Crippen LogP contribution is 2.08. The van der Waals surface area contributed by atoms with E-state index in [0.29, 0.717) is 18.5 Å². The minimum absolute atomic E-state index is 0.0833. The predicted octanol–water partition coefficient (Wildman–Crippen LogP) is 2.47. The molecule has 1 amide bonds. The number of carbonyl (C=O) groups is 1. The Kier molecular flexibility index (Phi) is 4.61. The van der Waals surface area contributed by atoms with E-state index in [1.807, 2.05) is 12.1 Å². The molecule has 0 saturated carbocycles. The predicted molar refractivity (Wildman–Crippen MR) is 70.8 cm³/mol. The molecule has 4 heteroatoms. The summed E-state index contributed by atoms with van der Waals surface area (Å²) < 4.78 is 13.4. The molecule has 0 fully saturated rings. The van der Waals surface area contributed by atoms with Crippen molar-refractivity contribution in [2.45, 2.75) is 19.4 Å². The third-order valence-electron chi connectivity index (χ3n) is 2.82. The molecule has 98 valence electrons. The summed E-state index contributed by atoms with van der Waals surface area (Å²) in [5.74, 6) is -0.343. The first kappa shape index (κ1) is 13.2. The third kappa shape index (κ3) is 4.17. The highest BCUT2D eigenvalue weighted by atomic mass is 19.1. The van der Waals surface area contributed by atoms with Gasteiger partial charge in [-0.05, 0) is 35.7 Å². The second-order valence-corrected chi connectivity index (χ2v) is 4.22. The maximum Gasteiger partial charge on any atom is 0.220 e. The largest absolute Gasteiger partial charge is 0.352 e. The van der Waals surface area contributed by atoms with E-state index in [-0.39, 0.29) is 18.1 Å². The fourth-order valence-electron chi connectivity index (χ4n) is 1.74. The second kappa shape index (κ2) is 6.64. The Morgan fingerprint density at radius 1 is 1.16 bits per heavy atom. The summed E-state index contributed by atoms with van der Waals surface area (Å²) in [4.78, 5) is 15.6. The highest BCUT2D eigenvalue weighted by Gasteiger charge is 2.05. The van der Waals surface area contributed by atoms with Crippen LogP contribution in [0.1, 0.15) is 17.5 Å². The van der Waals surface area contributed by atoms with Crippen LogP contribution in [-0.4, -0.2) is 10.9 Å². The number of hydrogen-bond acceptors (Lipinski definition) is 2. The summed E-state index contributed by atoms with van der Waals surface area (Å²) in [5.41, 5.74) is 1.57. The topological polar surface area (TPSA) is 42.0 Å². The molecule has 19 heavy (non-hydrogen) atoms. The van der Waals surface area contributed by atoms with Crippen LogP contribution in [0, 0.1) is 5.82 Å². The van der Waals surface area contributed by atoms with Crippen LogP contribution in [0.2, 0.25) is 0 Å². The molecule has 0 atom stereocenters. The molecule has 2 rings (SSSR count). The number of nitrogens with zero attached hydrogens (tertiary/aromatic N) is 1. The molecule has 1 aromatic heterocycles. The fraction of sp³-hybridized carbons (Fsp3) is 0.200. The van der Waals surface area contributed by atoms with E-state index in [4.69, 9.17) is 0 Å². The Morgan fingerprint density at radius 3 is 2.63 bits per heavy atom. The Hall–Kier alpha value is -2.23. The van der Waals surface area contributed by atoms with E-state index < -0.39 is 0 Å². The molecule has 0 unspecified atom stereocenters. The van der Waals surface area contributed by atoms with Crippen LogP contribution in [0.4, 0.5) is 4.39 Å². The Labute approximate surface area is 111 Å². The smallest absolute Gasteiger partial charge is 0.220 e. The van der Waals surface area contributed by atoms with Crippen LogP contribution in [-0.2, 0) is 17.8 Å². The van der Waals surface area contributed by atoms with Crippen molar-refractivity contribution in [2.75, 3.05) is 0 Å². The monoisotopic (exact) mass is 258 g/mol. The van der Waals surface area contributed by atoms with Crippen molar-refractivity contribution in [2.24, 2.45) is 0 Å². The molecule has 0 bridgehead atoms. The summed E-state index contributed by atoms with van der Waals surface area (Å²) in [5, 5.41) is 2.80. The zero-order valence-electron chi connectivity index (χ0n) is 10.5. The average molecular weight is 258 g/mol. The van der Waals surface area contributed by atoms with Crippen LogP contribution < -0.4 is 5.32 Å². The number of pyridine rings is 1. The molecule has 2 aromatic rings. The molecular formula is C15H15FN2O. The molecule has 1 heterocycles. The number of carbonyl (C=O) groups excluding carboxylic acids is 1. The highest BCUT2D eigenvalue weighted by molar-refractivity contribution is 5.76. The van der Waals surface area contributed by atoms with Crippen molar-refractivity contribution >= 4 is 5.91 Å². The first-order valence-electron chi connectivity index (χ1n) is 6.15. The van der Waals surface area contributed by atoms with E-state index >= 15 is 0 Å². The molecule has 0 aliphatic carbocycles. The normalized spacial score (nSPS) is 10.2. The van der Waals surface area contributed by atoms with Crippen LogP contribution >= 0.6 is 0 Å². The maximum atomic E-state index is 13.4. The number of halogens is 1. The summed E-state index contributed by atoms with van der Waals surface area (Å²) in [6.45, 7) is 0.471. The first-order valence-corrected chi connectivity index (χ1v) is 6.15. The molecule has 0 aliphatic rings. The Morgan fingerprint density at radius 2 is 1.89 bits per heavy atom. The van der Waals surface area contributed by atoms with Gasteiger partial charge in [-0.2, -0.15) is 0 Å². The third-order valence-corrected chi connectivity index (χ3v) is 2.82. The van der Waals surface area contributed by atoms with Gasteiger partial charge in [-0.1, -0.05) is 18.2 Å². The van der Waals surface area contributed by atoms with Crippen molar-refractivity contribution in [3.63, 3.8) is 0 Å². The summed E-state index contributed by atoms with van der Waals surface area (Å²) >= 11 is 0. The number of benzene rings is 1. The summed E-state index contributed by atoms with van der Waals surface area (Å²) in [6.07, 6.45) is 4.06. The van der Waals surface area contributed by atoms with Gasteiger partial charge in [0.25, 0.3) is 0 Å². The zero-order chi connectivity index (χ0) is 13.5. The molecule has 1 N–H and O–H groups in total. The van der Waals surface area contributed by atoms with Crippen LogP contribution in [0.25, 0.3) is 0 Å². The van der Waals surface area contributed by atoms with E-state index in [9.17, 15) is 9.18 Å². The van der Waals surface area contributed by atoms with E-state index in [2.05, 4.69) is 10.3 Å². The van der Waals surface area contributed by atoms with Gasteiger partial charge in [0.15, 0.2) is 0 Å². The van der Waals surface area contributed by atoms with Crippen LogP contribution in [0.5, 0.6) is 0 Å². The minimum atomic E-state index is -0.260. The van der Waals surface area contributed by atoms with Crippen molar-refractivity contribution in [1.82, 2.24) is 10.3 Å². The number of rotatable bonds is 5. The van der Waals surface area contributed by atoms with Gasteiger partial charge in [0, 0.05) is 25.4 Å². The average Bonchev–Trinajstić information content (AvgIpc) is 2.45. The number of aromatic nitrogens is 1. The Bertz CT molecular complexity index is 543. The molecule has 0 radical (unpaired) electrons. The number of aryl methyl sites for hydroxylation is 1. The van der Waals surface area contributed by atoms with Crippen LogP contribution in [0.3, 0.4) is 0 Å². The van der Waals surface area contributed by atoms with Gasteiger partial charge in [-0.15, -0.1) is 0 Å². The standard InChI is InChI=1S/C15H15FN2O/c16-14-4-2-1-3-13(14)5-6-15(19)18-11-12-7-9-17-10-8-12/h1-4,7-10H,5-6,11H2,(H,18,19).